The molecule has 0 atom stereocenters. The molecule has 0 aliphatic rings. The lowest BCUT2D eigenvalue weighted by molar-refractivity contribution is 0.103. The molecular weight excluding hydrogens is 326 g/mol. The van der Waals surface area contributed by atoms with Crippen molar-refractivity contribution in [2.24, 2.45) is 0 Å². The molecule has 0 aliphatic heterocycles. The summed E-state index contributed by atoms with van der Waals surface area (Å²) >= 11 is 3.39. The van der Waals surface area contributed by atoms with Crippen LogP contribution in [-0.2, 0) is 5.41 Å². The number of halogens is 1. The number of carbonyl (C=O) groups excluding carboxylic acids is 1. The minimum absolute atomic E-state index is 0.0185. The van der Waals surface area contributed by atoms with Gasteiger partial charge < -0.3 is 5.73 Å². The maximum absolute atomic E-state index is 12.6. The molecule has 0 heterocycles. The molecule has 2 rings (SSSR count). The van der Waals surface area contributed by atoms with Gasteiger partial charge in [-0.3, -0.25) is 4.79 Å². The zero-order valence-electron chi connectivity index (χ0n) is 12.6. The van der Waals surface area contributed by atoms with Gasteiger partial charge in [0.15, 0.2) is 5.78 Å². The van der Waals surface area contributed by atoms with Crippen LogP contribution in [0.1, 0.15) is 48.7 Å². The topological polar surface area (TPSA) is 43.1 Å². The Kier molecular flexibility index (Phi) is 4.52. The molecule has 2 nitrogen and oxygen atoms in total. The standard InChI is InChI=1S/C18H20BrNO/c1-4-18(2,3)13-10-8-12(9-11-13)17(21)14-6-5-7-15(20)16(14)19/h5-11H,4,20H2,1-3H3. The first kappa shape index (κ1) is 15.8. The van der Waals surface area contributed by atoms with E-state index >= 15 is 0 Å². The number of nitrogens with two attached hydrogens (primary N) is 1. The third-order valence-electron chi connectivity index (χ3n) is 4.09. The first-order valence-corrected chi connectivity index (χ1v) is 7.85. The van der Waals surface area contributed by atoms with Gasteiger partial charge in [0, 0.05) is 16.8 Å². The summed E-state index contributed by atoms with van der Waals surface area (Å²) < 4.78 is 0.660. The smallest absolute Gasteiger partial charge is 0.194 e. The quantitative estimate of drug-likeness (QED) is 0.629. The maximum Gasteiger partial charge on any atom is 0.194 e. The number of ketones is 1. The molecule has 3 heteroatoms. The van der Waals surface area contributed by atoms with Crippen molar-refractivity contribution in [3.8, 4) is 0 Å². The van der Waals surface area contributed by atoms with Crippen LogP contribution in [0.5, 0.6) is 0 Å². The van der Waals surface area contributed by atoms with E-state index < -0.39 is 0 Å². The highest BCUT2D eigenvalue weighted by atomic mass is 79.9. The van der Waals surface area contributed by atoms with Crippen LogP contribution < -0.4 is 5.73 Å². The summed E-state index contributed by atoms with van der Waals surface area (Å²) in [5, 5.41) is 0. The van der Waals surface area contributed by atoms with Gasteiger partial charge in [0.1, 0.15) is 0 Å². The van der Waals surface area contributed by atoms with Crippen molar-refractivity contribution in [1.82, 2.24) is 0 Å². The van der Waals surface area contributed by atoms with Gasteiger partial charge in [-0.05, 0) is 45.5 Å². The summed E-state index contributed by atoms with van der Waals surface area (Å²) in [5.41, 5.74) is 9.05. The molecule has 0 aliphatic carbocycles. The van der Waals surface area contributed by atoms with E-state index in [1.165, 1.54) is 5.56 Å². The molecule has 0 saturated heterocycles. The normalized spacial score (nSPS) is 11.4. The Morgan fingerprint density at radius 3 is 2.33 bits per heavy atom. The van der Waals surface area contributed by atoms with Crippen LogP contribution >= 0.6 is 15.9 Å². The summed E-state index contributed by atoms with van der Waals surface area (Å²) in [6, 6.07) is 13.2. The van der Waals surface area contributed by atoms with Gasteiger partial charge in [0.25, 0.3) is 0 Å². The second kappa shape index (κ2) is 6.02. The molecule has 2 N–H and O–H groups in total. The fraction of sp³-hybridized carbons (Fsp3) is 0.278. The minimum atomic E-state index is -0.0185. The van der Waals surface area contributed by atoms with Crippen molar-refractivity contribution in [3.05, 3.63) is 63.6 Å². The summed E-state index contributed by atoms with van der Waals surface area (Å²) in [5.74, 6) is -0.0185. The summed E-state index contributed by atoms with van der Waals surface area (Å²) in [4.78, 5) is 12.6. The van der Waals surface area contributed by atoms with E-state index in [1.54, 1.807) is 18.2 Å². The van der Waals surface area contributed by atoms with Gasteiger partial charge in [0.2, 0.25) is 0 Å². The molecular formula is C18H20BrNO. The van der Waals surface area contributed by atoms with Crippen molar-refractivity contribution in [3.63, 3.8) is 0 Å². The fourth-order valence-corrected chi connectivity index (χ4v) is 2.60. The fourth-order valence-electron chi connectivity index (χ4n) is 2.16. The lowest BCUT2D eigenvalue weighted by atomic mass is 9.82. The monoisotopic (exact) mass is 345 g/mol. The minimum Gasteiger partial charge on any atom is -0.398 e. The van der Waals surface area contributed by atoms with Crippen molar-refractivity contribution >= 4 is 27.4 Å². The van der Waals surface area contributed by atoms with Gasteiger partial charge in [-0.25, -0.2) is 0 Å². The van der Waals surface area contributed by atoms with E-state index in [0.717, 1.165) is 6.42 Å². The van der Waals surface area contributed by atoms with E-state index in [2.05, 4.69) is 36.7 Å². The van der Waals surface area contributed by atoms with Crippen LogP contribution in [0, 0.1) is 0 Å². The summed E-state index contributed by atoms with van der Waals surface area (Å²) in [6.45, 7) is 6.58. The van der Waals surface area contributed by atoms with E-state index in [4.69, 9.17) is 5.73 Å². The molecule has 2 aromatic carbocycles. The Morgan fingerprint density at radius 1 is 1.14 bits per heavy atom. The van der Waals surface area contributed by atoms with Crippen LogP contribution in [0.15, 0.2) is 46.9 Å². The Balaban J connectivity index is 2.35. The van der Waals surface area contributed by atoms with Gasteiger partial charge in [-0.2, -0.15) is 0 Å². The molecule has 0 saturated carbocycles. The van der Waals surface area contributed by atoms with E-state index in [0.29, 0.717) is 21.3 Å². The van der Waals surface area contributed by atoms with Gasteiger partial charge in [-0.1, -0.05) is 51.1 Å². The van der Waals surface area contributed by atoms with Gasteiger partial charge >= 0.3 is 0 Å². The molecule has 2 aromatic rings. The first-order valence-electron chi connectivity index (χ1n) is 7.06. The average molecular weight is 346 g/mol. The highest BCUT2D eigenvalue weighted by Crippen LogP contribution is 2.29. The zero-order valence-corrected chi connectivity index (χ0v) is 14.2. The molecule has 0 spiro atoms. The van der Waals surface area contributed by atoms with Crippen LogP contribution in [0.3, 0.4) is 0 Å². The SMILES string of the molecule is CCC(C)(C)c1ccc(C(=O)c2cccc(N)c2Br)cc1. The second-order valence-corrected chi connectivity index (χ2v) is 6.65. The van der Waals surface area contributed by atoms with E-state index in [1.807, 2.05) is 24.3 Å². The largest absolute Gasteiger partial charge is 0.398 e. The number of benzene rings is 2. The highest BCUT2D eigenvalue weighted by molar-refractivity contribution is 9.10. The third-order valence-corrected chi connectivity index (χ3v) is 4.97. The van der Waals surface area contributed by atoms with Crippen LogP contribution in [0.25, 0.3) is 0 Å². The second-order valence-electron chi connectivity index (χ2n) is 5.85. The molecule has 0 fully saturated rings. The molecule has 0 amide bonds. The van der Waals surface area contributed by atoms with Crippen molar-refractivity contribution in [2.45, 2.75) is 32.6 Å². The highest BCUT2D eigenvalue weighted by Gasteiger charge is 2.19. The zero-order chi connectivity index (χ0) is 15.6. The molecule has 0 radical (unpaired) electrons. The number of anilines is 1. The number of hydrogen-bond acceptors (Lipinski definition) is 2. The average Bonchev–Trinajstić information content (AvgIpc) is 2.49. The number of hydrogen-bond donors (Lipinski definition) is 1. The van der Waals surface area contributed by atoms with Crippen molar-refractivity contribution in [2.75, 3.05) is 5.73 Å². The molecule has 110 valence electrons. The maximum atomic E-state index is 12.6. The predicted octanol–water partition coefficient (Wildman–Crippen LogP) is 4.95. The summed E-state index contributed by atoms with van der Waals surface area (Å²) in [7, 11) is 0. The Morgan fingerprint density at radius 2 is 1.76 bits per heavy atom. The first-order chi connectivity index (χ1) is 9.86. The Bertz CT molecular complexity index is 659. The Labute approximate surface area is 134 Å². The predicted molar refractivity (Wildman–Crippen MR) is 91.7 cm³/mol. The number of rotatable bonds is 4. The molecule has 21 heavy (non-hydrogen) atoms. The van der Waals surface area contributed by atoms with Crippen LogP contribution in [0.2, 0.25) is 0 Å². The third kappa shape index (κ3) is 3.18. The number of carbonyl (C=O) groups is 1. The van der Waals surface area contributed by atoms with E-state index in [-0.39, 0.29) is 11.2 Å². The van der Waals surface area contributed by atoms with E-state index in [9.17, 15) is 4.79 Å². The lowest BCUT2D eigenvalue weighted by Crippen LogP contribution is -2.15. The lowest BCUT2D eigenvalue weighted by Gasteiger charge is -2.23. The van der Waals surface area contributed by atoms with Crippen LogP contribution in [-0.4, -0.2) is 5.78 Å². The Hall–Kier alpha value is -1.61. The van der Waals surface area contributed by atoms with Gasteiger partial charge in [-0.15, -0.1) is 0 Å². The molecule has 0 aromatic heterocycles. The molecule has 0 bridgehead atoms. The van der Waals surface area contributed by atoms with Gasteiger partial charge in [0.05, 0.1) is 4.47 Å². The van der Waals surface area contributed by atoms with Crippen molar-refractivity contribution in [1.29, 1.82) is 0 Å². The summed E-state index contributed by atoms with van der Waals surface area (Å²) in [6.07, 6.45) is 1.06. The van der Waals surface area contributed by atoms with Crippen molar-refractivity contribution < 1.29 is 4.79 Å². The van der Waals surface area contributed by atoms with Crippen LogP contribution in [0.4, 0.5) is 5.69 Å². The number of nitrogen functional groups attached to an aromatic ring is 1. The molecule has 0 unspecified atom stereocenters.